The van der Waals surface area contributed by atoms with Crippen LogP contribution in [0.15, 0.2) is 12.7 Å². The predicted molar refractivity (Wildman–Crippen MR) is 78.3 cm³/mol. The van der Waals surface area contributed by atoms with Gasteiger partial charge in [0.25, 0.3) is 0 Å². The second-order valence-electron chi connectivity index (χ2n) is 5.63. The van der Waals surface area contributed by atoms with E-state index in [1.807, 2.05) is 6.92 Å². The zero-order valence-electron chi connectivity index (χ0n) is 12.6. The minimum Gasteiger partial charge on any atom is -0.339 e. The molecule has 0 N–H and O–H groups in total. The summed E-state index contributed by atoms with van der Waals surface area (Å²) in [5.41, 5.74) is 0. The van der Waals surface area contributed by atoms with Crippen LogP contribution in [-0.2, 0) is 14.4 Å². The van der Waals surface area contributed by atoms with Crippen molar-refractivity contribution >= 4 is 17.7 Å². The molecule has 116 valence electrons. The maximum Gasteiger partial charge on any atom is 0.242 e. The van der Waals surface area contributed by atoms with Crippen molar-refractivity contribution in [1.29, 1.82) is 0 Å². The zero-order chi connectivity index (χ0) is 15.4. The molecule has 0 radical (unpaired) electrons. The van der Waals surface area contributed by atoms with Gasteiger partial charge in [0.15, 0.2) is 0 Å². The standard InChI is InChI=1S/C15H23N3O3/c1-3-5-16-7-8-18(11-14(16)20)15(21)12-9-13(19)17(10-12)6-4-2/h4,12H,2-3,5-11H2,1H3. The summed E-state index contributed by atoms with van der Waals surface area (Å²) in [6.45, 7) is 8.61. The van der Waals surface area contributed by atoms with E-state index in [4.69, 9.17) is 0 Å². The van der Waals surface area contributed by atoms with Crippen molar-refractivity contribution in [2.24, 2.45) is 5.92 Å². The SMILES string of the molecule is C=CCN1CC(C(=O)N2CCN(CCC)C(=O)C2)CC1=O. The van der Waals surface area contributed by atoms with Crippen LogP contribution in [0, 0.1) is 5.92 Å². The lowest BCUT2D eigenvalue weighted by atomic mass is 10.1. The number of rotatable bonds is 5. The van der Waals surface area contributed by atoms with Crippen molar-refractivity contribution in [3.63, 3.8) is 0 Å². The molecule has 2 aliphatic heterocycles. The molecule has 6 heteroatoms. The van der Waals surface area contributed by atoms with E-state index < -0.39 is 0 Å². The van der Waals surface area contributed by atoms with Crippen molar-refractivity contribution < 1.29 is 14.4 Å². The summed E-state index contributed by atoms with van der Waals surface area (Å²) in [6, 6.07) is 0. The molecule has 21 heavy (non-hydrogen) atoms. The van der Waals surface area contributed by atoms with Gasteiger partial charge in [0.2, 0.25) is 17.7 Å². The van der Waals surface area contributed by atoms with Crippen molar-refractivity contribution in [3.05, 3.63) is 12.7 Å². The van der Waals surface area contributed by atoms with Crippen LogP contribution >= 0.6 is 0 Å². The first kappa shape index (κ1) is 15.5. The van der Waals surface area contributed by atoms with Crippen LogP contribution in [-0.4, -0.2) is 71.7 Å². The lowest BCUT2D eigenvalue weighted by Crippen LogP contribution is -2.53. The van der Waals surface area contributed by atoms with Crippen LogP contribution in [0.3, 0.4) is 0 Å². The van der Waals surface area contributed by atoms with Crippen LogP contribution in [0.25, 0.3) is 0 Å². The van der Waals surface area contributed by atoms with E-state index in [0.29, 0.717) is 26.2 Å². The molecule has 2 aliphatic rings. The summed E-state index contributed by atoms with van der Waals surface area (Å²) in [5, 5.41) is 0. The maximum atomic E-state index is 12.5. The quantitative estimate of drug-likeness (QED) is 0.676. The van der Waals surface area contributed by atoms with Gasteiger partial charge in [0, 0.05) is 39.1 Å². The maximum absolute atomic E-state index is 12.5. The molecule has 3 amide bonds. The Morgan fingerprint density at radius 3 is 2.67 bits per heavy atom. The van der Waals surface area contributed by atoms with Crippen molar-refractivity contribution in [3.8, 4) is 0 Å². The lowest BCUT2D eigenvalue weighted by molar-refractivity contribution is -0.147. The Labute approximate surface area is 125 Å². The van der Waals surface area contributed by atoms with E-state index in [0.717, 1.165) is 13.0 Å². The van der Waals surface area contributed by atoms with Gasteiger partial charge in [-0.05, 0) is 6.42 Å². The van der Waals surface area contributed by atoms with Gasteiger partial charge in [0.1, 0.15) is 0 Å². The molecule has 0 aromatic heterocycles. The highest BCUT2D eigenvalue weighted by molar-refractivity contribution is 5.92. The largest absolute Gasteiger partial charge is 0.339 e. The Morgan fingerprint density at radius 2 is 2.05 bits per heavy atom. The van der Waals surface area contributed by atoms with Crippen LogP contribution in [0.4, 0.5) is 0 Å². The van der Waals surface area contributed by atoms with Crippen LogP contribution in [0.2, 0.25) is 0 Å². The Hall–Kier alpha value is -1.85. The fraction of sp³-hybridized carbons (Fsp3) is 0.667. The van der Waals surface area contributed by atoms with Gasteiger partial charge < -0.3 is 14.7 Å². The number of carbonyl (C=O) groups is 3. The van der Waals surface area contributed by atoms with E-state index in [1.54, 1.807) is 20.8 Å². The first-order valence-corrected chi connectivity index (χ1v) is 7.52. The minimum absolute atomic E-state index is 0.00345. The number of hydrogen-bond acceptors (Lipinski definition) is 3. The Kier molecular flexibility index (Phi) is 4.98. The summed E-state index contributed by atoms with van der Waals surface area (Å²) in [7, 11) is 0. The van der Waals surface area contributed by atoms with Crippen LogP contribution in [0.1, 0.15) is 19.8 Å². The van der Waals surface area contributed by atoms with Crippen molar-refractivity contribution in [2.45, 2.75) is 19.8 Å². The summed E-state index contributed by atoms with van der Waals surface area (Å²) in [6.07, 6.45) is 2.83. The van der Waals surface area contributed by atoms with Crippen LogP contribution < -0.4 is 0 Å². The topological polar surface area (TPSA) is 60.9 Å². The number of likely N-dealkylation sites (tertiary alicyclic amines) is 1. The van der Waals surface area contributed by atoms with Gasteiger partial charge in [-0.25, -0.2) is 0 Å². The minimum atomic E-state index is -0.317. The normalized spacial score (nSPS) is 22.9. The highest BCUT2D eigenvalue weighted by Crippen LogP contribution is 2.21. The molecule has 0 saturated carbocycles. The average molecular weight is 293 g/mol. The molecule has 0 aromatic carbocycles. The third-order valence-electron chi connectivity index (χ3n) is 4.04. The molecule has 0 aliphatic carbocycles. The average Bonchev–Trinajstić information content (AvgIpc) is 2.82. The van der Waals surface area contributed by atoms with Crippen molar-refractivity contribution in [1.82, 2.24) is 14.7 Å². The van der Waals surface area contributed by atoms with Gasteiger partial charge >= 0.3 is 0 Å². The van der Waals surface area contributed by atoms with Gasteiger partial charge in [-0.15, -0.1) is 6.58 Å². The lowest BCUT2D eigenvalue weighted by Gasteiger charge is -2.35. The summed E-state index contributed by atoms with van der Waals surface area (Å²) in [5.74, 6) is -0.393. The number of nitrogens with zero attached hydrogens (tertiary/aromatic N) is 3. The molecule has 2 saturated heterocycles. The molecule has 0 bridgehead atoms. The monoisotopic (exact) mass is 293 g/mol. The van der Waals surface area contributed by atoms with Gasteiger partial charge in [-0.3, -0.25) is 14.4 Å². The molecule has 2 rings (SSSR count). The van der Waals surface area contributed by atoms with Gasteiger partial charge in [0.05, 0.1) is 12.5 Å². The Balaban J connectivity index is 1.91. The highest BCUT2D eigenvalue weighted by atomic mass is 16.2. The molecular weight excluding hydrogens is 270 g/mol. The fourth-order valence-corrected chi connectivity index (χ4v) is 2.93. The van der Waals surface area contributed by atoms with E-state index in [-0.39, 0.29) is 36.6 Å². The number of hydrogen-bond donors (Lipinski definition) is 0. The number of piperazine rings is 1. The van der Waals surface area contributed by atoms with Gasteiger partial charge in [-0.1, -0.05) is 13.0 Å². The first-order valence-electron chi connectivity index (χ1n) is 7.52. The van der Waals surface area contributed by atoms with Crippen LogP contribution in [0.5, 0.6) is 0 Å². The van der Waals surface area contributed by atoms with Crippen molar-refractivity contribution in [2.75, 3.05) is 39.3 Å². The molecular formula is C15H23N3O3. The second kappa shape index (κ2) is 6.74. The highest BCUT2D eigenvalue weighted by Gasteiger charge is 2.37. The summed E-state index contributed by atoms with van der Waals surface area (Å²) < 4.78 is 0. The molecule has 2 fully saturated rings. The molecule has 1 unspecified atom stereocenters. The molecule has 0 aromatic rings. The van der Waals surface area contributed by atoms with E-state index >= 15 is 0 Å². The molecule has 0 spiro atoms. The molecule has 2 heterocycles. The fourth-order valence-electron chi connectivity index (χ4n) is 2.93. The number of amides is 3. The second-order valence-corrected chi connectivity index (χ2v) is 5.63. The van der Waals surface area contributed by atoms with E-state index in [1.165, 1.54) is 0 Å². The molecule has 1 atom stereocenters. The summed E-state index contributed by atoms with van der Waals surface area (Å²) in [4.78, 5) is 41.3. The van der Waals surface area contributed by atoms with Gasteiger partial charge in [-0.2, -0.15) is 0 Å². The van der Waals surface area contributed by atoms with E-state index in [2.05, 4.69) is 6.58 Å². The Morgan fingerprint density at radius 1 is 1.29 bits per heavy atom. The third-order valence-corrected chi connectivity index (χ3v) is 4.04. The molecule has 6 nitrogen and oxygen atoms in total. The number of carbonyl (C=O) groups excluding carboxylic acids is 3. The predicted octanol–water partition coefficient (Wildman–Crippen LogP) is 0.102. The summed E-state index contributed by atoms with van der Waals surface area (Å²) >= 11 is 0. The first-order chi connectivity index (χ1) is 10.1. The van der Waals surface area contributed by atoms with E-state index in [9.17, 15) is 14.4 Å². The smallest absolute Gasteiger partial charge is 0.242 e. The third kappa shape index (κ3) is 3.43. The Bertz CT molecular complexity index is 449. The zero-order valence-corrected chi connectivity index (χ0v) is 12.6.